The van der Waals surface area contributed by atoms with E-state index in [-0.39, 0.29) is 0 Å². The van der Waals surface area contributed by atoms with Gasteiger partial charge in [0, 0.05) is 18.8 Å². The molecule has 0 aliphatic carbocycles. The third-order valence-corrected chi connectivity index (χ3v) is 7.43. The van der Waals surface area contributed by atoms with Crippen molar-refractivity contribution in [3.05, 3.63) is 53.6 Å². The van der Waals surface area contributed by atoms with E-state index >= 15 is 0 Å². The zero-order valence-corrected chi connectivity index (χ0v) is 17.8. The van der Waals surface area contributed by atoms with Gasteiger partial charge in [-0.1, -0.05) is 30.0 Å². The van der Waals surface area contributed by atoms with Gasteiger partial charge in [0.2, 0.25) is 12.0 Å². The van der Waals surface area contributed by atoms with Crippen molar-refractivity contribution in [1.29, 1.82) is 0 Å². The minimum Gasteiger partial charge on any atom is -0.466 e. The predicted octanol–water partition coefficient (Wildman–Crippen LogP) is 3.43. The van der Waals surface area contributed by atoms with E-state index in [1.165, 1.54) is 4.70 Å². The van der Waals surface area contributed by atoms with Crippen LogP contribution in [0.15, 0.2) is 46.8 Å². The number of benzene rings is 2. The summed E-state index contributed by atoms with van der Waals surface area (Å²) in [5.74, 6) is 0.406. The number of morpholine rings is 1. The van der Waals surface area contributed by atoms with Crippen LogP contribution >= 0.6 is 23.1 Å². The number of ether oxygens (including phenoxy) is 2. The molecule has 0 N–H and O–H groups in total. The van der Waals surface area contributed by atoms with Crippen LogP contribution in [0.5, 0.6) is 5.75 Å². The second-order valence-corrected chi connectivity index (χ2v) is 9.56. The Morgan fingerprint density at radius 3 is 2.80 bits per heavy atom. The molecular formula is C22H20N2O4S2. The molecule has 154 valence electrons. The zero-order chi connectivity index (χ0) is 20.5. The molecule has 6 nitrogen and oxygen atoms in total. The van der Waals surface area contributed by atoms with Gasteiger partial charge in [-0.2, -0.15) is 0 Å². The number of hydrogen-bond acceptors (Lipinski definition) is 8. The number of aryl methyl sites for hydroxylation is 1. The van der Waals surface area contributed by atoms with Crippen molar-refractivity contribution in [1.82, 2.24) is 9.88 Å². The number of nitrogens with zero attached hydrogens (tertiary/aromatic N) is 2. The number of thiazole rings is 1. The molecule has 0 amide bonds. The van der Waals surface area contributed by atoms with Gasteiger partial charge in [0.05, 0.1) is 29.0 Å². The van der Waals surface area contributed by atoms with Gasteiger partial charge in [-0.05, 0) is 36.2 Å². The lowest BCUT2D eigenvalue weighted by atomic mass is 9.99. The third-order valence-electron chi connectivity index (χ3n) is 5.25. The molecule has 0 bridgehead atoms. The Kier molecular flexibility index (Phi) is 5.56. The smallest absolute Gasteiger partial charge is 0.259 e. The molecule has 1 aromatic heterocycles. The van der Waals surface area contributed by atoms with Crippen molar-refractivity contribution in [3.8, 4) is 5.75 Å². The van der Waals surface area contributed by atoms with E-state index in [1.54, 1.807) is 29.2 Å². The van der Waals surface area contributed by atoms with E-state index in [1.807, 2.05) is 35.2 Å². The molecule has 1 fully saturated rings. The van der Waals surface area contributed by atoms with Gasteiger partial charge in [0.25, 0.3) is 5.78 Å². The molecule has 1 atom stereocenters. The maximum atomic E-state index is 12.6. The first kappa shape index (κ1) is 19.7. The molecule has 2 aliphatic heterocycles. The Morgan fingerprint density at radius 1 is 1.13 bits per heavy atom. The predicted molar refractivity (Wildman–Crippen MR) is 117 cm³/mol. The first-order valence-corrected chi connectivity index (χ1v) is 11.7. The molecule has 5 rings (SSSR count). The van der Waals surface area contributed by atoms with Crippen LogP contribution in [-0.4, -0.2) is 59.7 Å². The molecule has 0 radical (unpaired) electrons. The fourth-order valence-electron chi connectivity index (χ4n) is 3.65. The topological polar surface area (TPSA) is 68.7 Å². The van der Waals surface area contributed by atoms with Gasteiger partial charge in [-0.25, -0.2) is 4.98 Å². The number of carbonyl (C=O) groups excluding carboxylic acids is 2. The number of Topliss-reactive ketones (excluding diaryl/α,β-unsaturated/α-hetero) is 2. The Bertz CT molecular complexity index is 1070. The van der Waals surface area contributed by atoms with Crippen LogP contribution in [0.4, 0.5) is 0 Å². The van der Waals surface area contributed by atoms with Gasteiger partial charge in [0.15, 0.2) is 4.34 Å². The fraction of sp³-hybridized carbons (Fsp3) is 0.318. The third kappa shape index (κ3) is 3.88. The van der Waals surface area contributed by atoms with Crippen LogP contribution in [0.2, 0.25) is 0 Å². The highest BCUT2D eigenvalue weighted by Crippen LogP contribution is 2.32. The van der Waals surface area contributed by atoms with Crippen LogP contribution in [0.25, 0.3) is 10.2 Å². The Balaban J connectivity index is 1.27. The number of fused-ring (bicyclic) bond motifs is 2. The minimum absolute atomic E-state index is 0.354. The zero-order valence-electron chi connectivity index (χ0n) is 16.2. The maximum absolute atomic E-state index is 12.6. The standard InChI is InChI=1S/C22H20N2O4S2/c25-19-15-6-5-14(7-12-29-22-23-16-3-1-2-4-18(16)30-22)13-17(15)28-21(20(19)26)24-8-10-27-11-9-24/h1-6,13,21H,7-12H2. The average Bonchev–Trinajstić information content (AvgIpc) is 3.19. The van der Waals surface area contributed by atoms with Crippen LogP contribution in [-0.2, 0) is 16.0 Å². The van der Waals surface area contributed by atoms with Crippen molar-refractivity contribution in [3.63, 3.8) is 0 Å². The highest BCUT2D eigenvalue weighted by atomic mass is 32.2. The number of aromatic nitrogens is 1. The number of hydrogen-bond donors (Lipinski definition) is 0. The second-order valence-electron chi connectivity index (χ2n) is 7.19. The summed E-state index contributed by atoms with van der Waals surface area (Å²) in [5, 5.41) is 0. The summed E-state index contributed by atoms with van der Waals surface area (Å²) in [6, 6.07) is 13.6. The first-order chi connectivity index (χ1) is 14.7. The van der Waals surface area contributed by atoms with E-state index in [0.29, 0.717) is 37.6 Å². The fourth-order valence-corrected chi connectivity index (χ4v) is 5.77. The van der Waals surface area contributed by atoms with E-state index in [4.69, 9.17) is 9.47 Å². The van der Waals surface area contributed by atoms with Gasteiger partial charge < -0.3 is 9.47 Å². The van der Waals surface area contributed by atoms with E-state index in [2.05, 4.69) is 11.1 Å². The molecule has 2 aliphatic rings. The molecule has 2 aromatic carbocycles. The quantitative estimate of drug-likeness (QED) is 0.445. The Morgan fingerprint density at radius 2 is 1.97 bits per heavy atom. The highest BCUT2D eigenvalue weighted by Gasteiger charge is 2.39. The van der Waals surface area contributed by atoms with E-state index < -0.39 is 17.8 Å². The Hall–Kier alpha value is -2.26. The van der Waals surface area contributed by atoms with Crippen molar-refractivity contribution < 1.29 is 19.1 Å². The average molecular weight is 441 g/mol. The summed E-state index contributed by atoms with van der Waals surface area (Å²) in [7, 11) is 0. The van der Waals surface area contributed by atoms with Gasteiger partial charge >= 0.3 is 0 Å². The van der Waals surface area contributed by atoms with Gasteiger partial charge in [-0.15, -0.1) is 11.3 Å². The molecule has 0 saturated carbocycles. The van der Waals surface area contributed by atoms with Crippen LogP contribution in [0.3, 0.4) is 0 Å². The number of carbonyl (C=O) groups is 2. The molecular weight excluding hydrogens is 420 g/mol. The molecule has 3 heterocycles. The van der Waals surface area contributed by atoms with Crippen LogP contribution in [0.1, 0.15) is 15.9 Å². The van der Waals surface area contributed by atoms with Crippen LogP contribution in [0, 0.1) is 0 Å². The molecule has 3 aromatic rings. The van der Waals surface area contributed by atoms with Gasteiger partial charge in [-0.3, -0.25) is 14.5 Å². The van der Waals surface area contributed by atoms with Crippen LogP contribution < -0.4 is 4.74 Å². The maximum Gasteiger partial charge on any atom is 0.259 e. The van der Waals surface area contributed by atoms with Crippen molar-refractivity contribution in [2.45, 2.75) is 17.0 Å². The normalized spacial score (nSPS) is 19.7. The van der Waals surface area contributed by atoms with Crippen molar-refractivity contribution in [2.24, 2.45) is 0 Å². The summed E-state index contributed by atoms with van der Waals surface area (Å²) in [6.07, 6.45) is -0.0250. The number of para-hydroxylation sites is 1. The first-order valence-electron chi connectivity index (χ1n) is 9.87. The minimum atomic E-state index is -0.846. The number of thioether (sulfide) groups is 1. The number of ketones is 2. The SMILES string of the molecule is O=C1C(=O)C(N2CCOCC2)Oc2cc(CCSc3nc4ccccc4s3)ccc21. The second kappa shape index (κ2) is 8.47. The molecule has 1 unspecified atom stereocenters. The summed E-state index contributed by atoms with van der Waals surface area (Å²) < 4.78 is 13.6. The lowest BCUT2D eigenvalue weighted by Gasteiger charge is -2.35. The van der Waals surface area contributed by atoms with E-state index in [9.17, 15) is 9.59 Å². The summed E-state index contributed by atoms with van der Waals surface area (Å²) >= 11 is 3.43. The largest absolute Gasteiger partial charge is 0.466 e. The molecule has 0 spiro atoms. The summed E-state index contributed by atoms with van der Waals surface area (Å²) in [6.45, 7) is 2.24. The van der Waals surface area contributed by atoms with E-state index in [0.717, 1.165) is 27.6 Å². The number of rotatable bonds is 5. The monoisotopic (exact) mass is 440 g/mol. The molecule has 1 saturated heterocycles. The van der Waals surface area contributed by atoms with Crippen molar-refractivity contribution in [2.75, 3.05) is 32.1 Å². The van der Waals surface area contributed by atoms with Gasteiger partial charge in [0.1, 0.15) is 5.75 Å². The summed E-state index contributed by atoms with van der Waals surface area (Å²) in [4.78, 5) is 31.6. The molecule has 30 heavy (non-hydrogen) atoms. The molecule has 8 heteroatoms. The summed E-state index contributed by atoms with van der Waals surface area (Å²) in [5.41, 5.74) is 2.46. The Labute approximate surface area is 182 Å². The highest BCUT2D eigenvalue weighted by molar-refractivity contribution is 8.01. The lowest BCUT2D eigenvalue weighted by molar-refractivity contribution is -0.134. The lowest BCUT2D eigenvalue weighted by Crippen LogP contribution is -2.54. The van der Waals surface area contributed by atoms with Crippen molar-refractivity contribution >= 4 is 44.9 Å².